The molecule has 0 unspecified atom stereocenters. The van der Waals surface area contributed by atoms with E-state index in [9.17, 15) is 13.2 Å². The molecule has 0 spiro atoms. The number of nitrogens with one attached hydrogen (secondary N) is 1. The minimum Gasteiger partial charge on any atom is -0.369 e. The van der Waals surface area contributed by atoms with Crippen molar-refractivity contribution in [3.63, 3.8) is 0 Å². The predicted octanol–water partition coefficient (Wildman–Crippen LogP) is 5.57. The third-order valence-electron chi connectivity index (χ3n) is 3.00. The molecule has 3 N–H and O–H groups in total. The van der Waals surface area contributed by atoms with Crippen molar-refractivity contribution in [1.29, 1.82) is 0 Å². The number of hydrogen-bond acceptors (Lipinski definition) is 2. The third-order valence-corrected chi connectivity index (χ3v) is 4.04. The van der Waals surface area contributed by atoms with Crippen LogP contribution in [0.1, 0.15) is 12.5 Å². The SMILES string of the molecule is CCc1cccc(NC(N)=Nc2cc(SC(F)(F)F)ccc2Cl)c1. The Hall–Kier alpha value is -1.86. The zero-order valence-corrected chi connectivity index (χ0v) is 14.3. The van der Waals surface area contributed by atoms with Crippen LogP contribution >= 0.6 is 23.4 Å². The molecule has 0 aliphatic rings. The van der Waals surface area contributed by atoms with E-state index >= 15 is 0 Å². The first kappa shape index (κ1) is 18.5. The van der Waals surface area contributed by atoms with Crippen LogP contribution in [0, 0.1) is 0 Å². The summed E-state index contributed by atoms with van der Waals surface area (Å²) in [6, 6.07) is 11.5. The van der Waals surface area contributed by atoms with Crippen molar-refractivity contribution in [3.8, 4) is 0 Å². The molecule has 0 atom stereocenters. The molecule has 8 heteroatoms. The summed E-state index contributed by atoms with van der Waals surface area (Å²) < 4.78 is 37.4. The lowest BCUT2D eigenvalue weighted by atomic mass is 10.1. The minimum absolute atomic E-state index is 0.00793. The Labute approximate surface area is 147 Å². The van der Waals surface area contributed by atoms with Crippen molar-refractivity contribution in [2.24, 2.45) is 10.7 Å². The molecule has 2 rings (SSSR count). The minimum atomic E-state index is -4.38. The lowest BCUT2D eigenvalue weighted by Gasteiger charge is -2.09. The van der Waals surface area contributed by atoms with Crippen LogP contribution in [0.3, 0.4) is 0 Å². The van der Waals surface area contributed by atoms with E-state index in [4.69, 9.17) is 17.3 Å². The second-order valence-corrected chi connectivity index (χ2v) is 6.38. The molecule has 24 heavy (non-hydrogen) atoms. The maximum Gasteiger partial charge on any atom is 0.446 e. The molecule has 0 aromatic heterocycles. The van der Waals surface area contributed by atoms with Gasteiger partial charge in [0.2, 0.25) is 0 Å². The van der Waals surface area contributed by atoms with Crippen LogP contribution < -0.4 is 11.1 Å². The quantitative estimate of drug-likeness (QED) is 0.418. The molecule has 0 aliphatic carbocycles. The van der Waals surface area contributed by atoms with E-state index in [1.807, 2.05) is 31.2 Å². The van der Waals surface area contributed by atoms with Gasteiger partial charge in [-0.1, -0.05) is 30.7 Å². The first-order chi connectivity index (χ1) is 11.3. The number of nitrogens with two attached hydrogens (primary N) is 1. The molecule has 0 aliphatic heterocycles. The van der Waals surface area contributed by atoms with E-state index in [0.29, 0.717) is 0 Å². The van der Waals surface area contributed by atoms with Gasteiger partial charge in [0.05, 0.1) is 10.7 Å². The van der Waals surface area contributed by atoms with Crippen molar-refractivity contribution in [1.82, 2.24) is 0 Å². The summed E-state index contributed by atoms with van der Waals surface area (Å²) in [4.78, 5) is 4.06. The number of aryl methyl sites for hydroxylation is 1. The molecule has 3 nitrogen and oxygen atoms in total. The van der Waals surface area contributed by atoms with E-state index in [0.717, 1.165) is 17.7 Å². The summed E-state index contributed by atoms with van der Waals surface area (Å²) in [5, 5.41) is 3.12. The van der Waals surface area contributed by atoms with E-state index in [-0.39, 0.29) is 33.3 Å². The molecular formula is C16H15ClF3N3S. The molecule has 0 bridgehead atoms. The molecule has 0 radical (unpaired) electrons. The molecule has 0 heterocycles. The summed E-state index contributed by atoms with van der Waals surface area (Å²) in [6.45, 7) is 2.03. The Morgan fingerprint density at radius 3 is 2.67 bits per heavy atom. The fourth-order valence-electron chi connectivity index (χ4n) is 1.95. The number of aliphatic imine (C=N–C) groups is 1. The topological polar surface area (TPSA) is 50.4 Å². The Kier molecular flexibility index (Phi) is 6.01. The lowest BCUT2D eigenvalue weighted by Crippen LogP contribution is -2.22. The van der Waals surface area contributed by atoms with Gasteiger partial charge in [0.15, 0.2) is 5.96 Å². The van der Waals surface area contributed by atoms with Gasteiger partial charge in [-0.05, 0) is 54.1 Å². The maximum absolute atomic E-state index is 12.5. The van der Waals surface area contributed by atoms with E-state index in [1.54, 1.807) is 0 Å². The first-order valence-electron chi connectivity index (χ1n) is 7.02. The Morgan fingerprint density at radius 2 is 2.00 bits per heavy atom. The average molecular weight is 374 g/mol. The molecule has 0 saturated carbocycles. The van der Waals surface area contributed by atoms with E-state index < -0.39 is 5.51 Å². The van der Waals surface area contributed by atoms with Gasteiger partial charge in [-0.15, -0.1) is 0 Å². The number of halogens is 4. The summed E-state index contributed by atoms with van der Waals surface area (Å²) in [7, 11) is 0. The van der Waals surface area contributed by atoms with Crippen LogP contribution in [-0.4, -0.2) is 11.5 Å². The van der Waals surface area contributed by atoms with Gasteiger partial charge in [-0.3, -0.25) is 0 Å². The van der Waals surface area contributed by atoms with Crippen molar-refractivity contribution >= 4 is 40.7 Å². The zero-order chi connectivity index (χ0) is 17.7. The number of nitrogens with zero attached hydrogens (tertiary/aromatic N) is 1. The number of hydrogen-bond donors (Lipinski definition) is 2. The zero-order valence-electron chi connectivity index (χ0n) is 12.7. The fourth-order valence-corrected chi connectivity index (χ4v) is 2.68. The summed E-state index contributed by atoms with van der Waals surface area (Å²) in [5.74, 6) is 0.0410. The summed E-state index contributed by atoms with van der Waals surface area (Å²) in [6.07, 6.45) is 0.870. The van der Waals surface area contributed by atoms with Crippen LogP contribution in [0.5, 0.6) is 0 Å². The molecule has 0 saturated heterocycles. The fraction of sp³-hybridized carbons (Fsp3) is 0.188. The summed E-state index contributed by atoms with van der Waals surface area (Å²) >= 11 is 5.75. The van der Waals surface area contributed by atoms with E-state index in [1.165, 1.54) is 18.2 Å². The number of benzene rings is 2. The monoisotopic (exact) mass is 373 g/mol. The number of guanidine groups is 1. The van der Waals surface area contributed by atoms with Gasteiger partial charge in [0, 0.05) is 10.6 Å². The van der Waals surface area contributed by atoms with Gasteiger partial charge in [0.1, 0.15) is 0 Å². The first-order valence-corrected chi connectivity index (χ1v) is 8.21. The number of thioether (sulfide) groups is 1. The third kappa shape index (κ3) is 5.65. The largest absolute Gasteiger partial charge is 0.446 e. The second kappa shape index (κ2) is 7.81. The van der Waals surface area contributed by atoms with Crippen molar-refractivity contribution in [2.45, 2.75) is 23.7 Å². The molecule has 2 aromatic rings. The van der Waals surface area contributed by atoms with Crippen LogP contribution in [-0.2, 0) is 6.42 Å². The standard InChI is InChI=1S/C16H15ClF3N3S/c1-2-10-4-3-5-11(8-10)22-15(21)23-14-9-12(6-7-13(14)17)24-16(18,19)20/h3-9H,2H2,1H3,(H3,21,22,23). The smallest absolute Gasteiger partial charge is 0.369 e. The van der Waals surface area contributed by atoms with Gasteiger partial charge in [0.25, 0.3) is 0 Å². The Balaban J connectivity index is 2.20. The van der Waals surface area contributed by atoms with Crippen LogP contribution in [0.15, 0.2) is 52.4 Å². The lowest BCUT2D eigenvalue weighted by molar-refractivity contribution is -0.0328. The van der Waals surface area contributed by atoms with Gasteiger partial charge < -0.3 is 11.1 Å². The highest BCUT2D eigenvalue weighted by Gasteiger charge is 2.29. The average Bonchev–Trinajstić information content (AvgIpc) is 2.49. The van der Waals surface area contributed by atoms with Gasteiger partial charge >= 0.3 is 5.51 Å². The highest BCUT2D eigenvalue weighted by molar-refractivity contribution is 8.00. The highest BCUT2D eigenvalue weighted by atomic mass is 35.5. The van der Waals surface area contributed by atoms with Crippen molar-refractivity contribution in [2.75, 3.05) is 5.32 Å². The molecule has 128 valence electrons. The number of rotatable bonds is 4. The van der Waals surface area contributed by atoms with Gasteiger partial charge in [-0.25, -0.2) is 4.99 Å². The van der Waals surface area contributed by atoms with Gasteiger partial charge in [-0.2, -0.15) is 13.2 Å². The van der Waals surface area contributed by atoms with Crippen molar-refractivity contribution < 1.29 is 13.2 Å². The highest BCUT2D eigenvalue weighted by Crippen LogP contribution is 2.39. The number of anilines is 1. The molecule has 0 fully saturated rings. The normalized spacial score (nSPS) is 12.3. The predicted molar refractivity (Wildman–Crippen MR) is 94.1 cm³/mol. The van der Waals surface area contributed by atoms with Crippen LogP contribution in [0.25, 0.3) is 0 Å². The van der Waals surface area contributed by atoms with Crippen molar-refractivity contribution in [3.05, 3.63) is 53.1 Å². The Bertz CT molecular complexity index is 748. The van der Waals surface area contributed by atoms with Crippen LogP contribution in [0.4, 0.5) is 24.5 Å². The van der Waals surface area contributed by atoms with Crippen LogP contribution in [0.2, 0.25) is 5.02 Å². The summed E-state index contributed by atoms with van der Waals surface area (Å²) in [5.41, 5.74) is 3.48. The number of alkyl halides is 3. The maximum atomic E-state index is 12.5. The second-order valence-electron chi connectivity index (χ2n) is 4.84. The molecule has 2 aromatic carbocycles. The molecular weight excluding hydrogens is 359 g/mol. The van der Waals surface area contributed by atoms with E-state index in [2.05, 4.69) is 10.3 Å². The Morgan fingerprint density at radius 1 is 1.25 bits per heavy atom. The molecule has 0 amide bonds.